The van der Waals surface area contributed by atoms with Crippen LogP contribution in [0.3, 0.4) is 0 Å². The van der Waals surface area contributed by atoms with Crippen LogP contribution in [0.4, 0.5) is 0 Å². The Morgan fingerprint density at radius 1 is 1.25 bits per heavy atom. The molecule has 1 heterocycles. The molecule has 5 nitrogen and oxygen atoms in total. The predicted octanol–water partition coefficient (Wildman–Crippen LogP) is 2.67. The molecule has 0 fully saturated rings. The second-order valence-corrected chi connectivity index (χ2v) is 4.92. The highest BCUT2D eigenvalue weighted by Crippen LogP contribution is 2.20. The Hall–Kier alpha value is -1.91. The van der Waals surface area contributed by atoms with Crippen LogP contribution in [0.25, 0.3) is 0 Å². The van der Waals surface area contributed by atoms with Gasteiger partial charge in [0.1, 0.15) is 0 Å². The van der Waals surface area contributed by atoms with E-state index in [9.17, 15) is 9.59 Å². The Morgan fingerprint density at radius 3 is 2.45 bits per heavy atom. The van der Waals surface area contributed by atoms with Crippen LogP contribution in [-0.4, -0.2) is 23.5 Å². The number of aromatic nitrogens is 1. The van der Waals surface area contributed by atoms with Gasteiger partial charge in [-0.05, 0) is 24.5 Å². The van der Waals surface area contributed by atoms with Gasteiger partial charge in [0, 0.05) is 24.4 Å². The number of hydrogen-bond acceptors (Lipinski definition) is 5. The van der Waals surface area contributed by atoms with Crippen molar-refractivity contribution < 1.29 is 19.1 Å². The molecule has 0 saturated carbocycles. The van der Waals surface area contributed by atoms with Crippen LogP contribution in [0.1, 0.15) is 45.3 Å². The summed E-state index contributed by atoms with van der Waals surface area (Å²) in [5.74, 6) is -0.728. The van der Waals surface area contributed by atoms with Crippen molar-refractivity contribution in [3.8, 4) is 0 Å². The lowest BCUT2D eigenvalue weighted by Gasteiger charge is -2.17. The Labute approximate surface area is 119 Å². The molecule has 0 radical (unpaired) electrons. The van der Waals surface area contributed by atoms with Crippen LogP contribution in [-0.2, 0) is 19.1 Å². The van der Waals surface area contributed by atoms with E-state index < -0.39 is 18.0 Å². The Balaban J connectivity index is 2.79. The van der Waals surface area contributed by atoms with Gasteiger partial charge in [-0.3, -0.25) is 9.78 Å². The molecule has 1 unspecified atom stereocenters. The molecule has 20 heavy (non-hydrogen) atoms. The maximum Gasteiger partial charge on any atom is 0.352 e. The minimum atomic E-state index is -1.02. The summed E-state index contributed by atoms with van der Waals surface area (Å²) in [7, 11) is 0. The summed E-state index contributed by atoms with van der Waals surface area (Å²) in [6, 6.07) is 3.28. The van der Waals surface area contributed by atoms with Crippen molar-refractivity contribution >= 4 is 11.9 Å². The van der Waals surface area contributed by atoms with Gasteiger partial charge in [0.25, 0.3) is 0 Å². The van der Waals surface area contributed by atoms with Crippen LogP contribution >= 0.6 is 0 Å². The molecule has 1 aromatic heterocycles. The fraction of sp³-hybridized carbons (Fsp3) is 0.533. The molecule has 0 aliphatic rings. The molecule has 1 aromatic rings. The fourth-order valence-electron chi connectivity index (χ4n) is 1.51. The topological polar surface area (TPSA) is 65.5 Å². The third-order valence-electron chi connectivity index (χ3n) is 2.49. The van der Waals surface area contributed by atoms with Crippen molar-refractivity contribution in [3.63, 3.8) is 0 Å². The van der Waals surface area contributed by atoms with E-state index in [1.165, 1.54) is 0 Å². The van der Waals surface area contributed by atoms with Gasteiger partial charge in [0.05, 0.1) is 6.61 Å². The van der Waals surface area contributed by atoms with Gasteiger partial charge in [-0.15, -0.1) is 0 Å². The molecule has 0 amide bonds. The zero-order valence-electron chi connectivity index (χ0n) is 12.2. The zero-order chi connectivity index (χ0) is 15.0. The highest BCUT2D eigenvalue weighted by molar-refractivity contribution is 5.80. The molecular weight excluding hydrogens is 258 g/mol. The molecule has 0 spiro atoms. The largest absolute Gasteiger partial charge is 0.462 e. The van der Waals surface area contributed by atoms with E-state index >= 15 is 0 Å². The van der Waals surface area contributed by atoms with Crippen molar-refractivity contribution in [2.45, 2.75) is 39.7 Å². The van der Waals surface area contributed by atoms with Crippen LogP contribution in [0, 0.1) is 5.92 Å². The zero-order valence-corrected chi connectivity index (χ0v) is 12.2. The first-order chi connectivity index (χ1) is 9.54. The molecule has 1 rings (SSSR count). The SMILES string of the molecule is CCCC(=O)OC(C(=O)OCC(C)C)c1ccncc1. The monoisotopic (exact) mass is 279 g/mol. The number of esters is 2. The number of carbonyl (C=O) groups is 2. The van der Waals surface area contributed by atoms with Gasteiger partial charge in [0.2, 0.25) is 6.10 Å². The predicted molar refractivity (Wildman–Crippen MR) is 73.8 cm³/mol. The third-order valence-corrected chi connectivity index (χ3v) is 2.49. The van der Waals surface area contributed by atoms with Gasteiger partial charge >= 0.3 is 11.9 Å². The quantitative estimate of drug-likeness (QED) is 0.718. The first-order valence-electron chi connectivity index (χ1n) is 6.80. The number of hydrogen-bond donors (Lipinski definition) is 0. The Kier molecular flexibility index (Phi) is 6.70. The Morgan fingerprint density at radius 2 is 1.90 bits per heavy atom. The smallest absolute Gasteiger partial charge is 0.352 e. The number of nitrogens with zero attached hydrogens (tertiary/aromatic N) is 1. The first kappa shape index (κ1) is 16.1. The molecular formula is C15H21NO4. The number of ether oxygens (including phenoxy) is 2. The van der Waals surface area contributed by atoms with Crippen molar-refractivity contribution in [1.29, 1.82) is 0 Å². The average Bonchev–Trinajstić information content (AvgIpc) is 2.43. The lowest BCUT2D eigenvalue weighted by atomic mass is 10.1. The molecule has 0 aliphatic heterocycles. The van der Waals surface area contributed by atoms with E-state index in [2.05, 4.69) is 4.98 Å². The van der Waals surface area contributed by atoms with E-state index in [4.69, 9.17) is 9.47 Å². The Bertz CT molecular complexity index is 431. The summed E-state index contributed by atoms with van der Waals surface area (Å²) in [5.41, 5.74) is 0.568. The lowest BCUT2D eigenvalue weighted by molar-refractivity contribution is -0.169. The summed E-state index contributed by atoms with van der Waals surface area (Å²) in [6.07, 6.45) is 3.02. The summed E-state index contributed by atoms with van der Waals surface area (Å²) in [6.45, 7) is 6.06. The molecule has 0 bridgehead atoms. The van der Waals surface area contributed by atoms with Crippen molar-refractivity contribution in [2.24, 2.45) is 5.92 Å². The van der Waals surface area contributed by atoms with E-state index in [0.717, 1.165) is 0 Å². The molecule has 110 valence electrons. The molecule has 5 heteroatoms. The van der Waals surface area contributed by atoms with Gasteiger partial charge < -0.3 is 9.47 Å². The second kappa shape index (κ2) is 8.30. The molecule has 0 aliphatic carbocycles. The minimum absolute atomic E-state index is 0.225. The van der Waals surface area contributed by atoms with E-state index in [1.807, 2.05) is 20.8 Å². The van der Waals surface area contributed by atoms with E-state index in [0.29, 0.717) is 18.6 Å². The normalized spacial score (nSPS) is 12.0. The maximum absolute atomic E-state index is 12.1. The van der Waals surface area contributed by atoms with Crippen LogP contribution in [0.15, 0.2) is 24.5 Å². The number of carbonyl (C=O) groups excluding carboxylic acids is 2. The van der Waals surface area contributed by atoms with Crippen molar-refractivity contribution in [1.82, 2.24) is 4.98 Å². The summed E-state index contributed by atoms with van der Waals surface area (Å²) < 4.78 is 10.4. The molecule has 0 saturated heterocycles. The van der Waals surface area contributed by atoms with E-state index in [1.54, 1.807) is 24.5 Å². The number of pyridine rings is 1. The highest BCUT2D eigenvalue weighted by atomic mass is 16.6. The first-order valence-corrected chi connectivity index (χ1v) is 6.80. The summed E-state index contributed by atoms with van der Waals surface area (Å²) in [4.78, 5) is 27.6. The maximum atomic E-state index is 12.1. The number of rotatable bonds is 7. The van der Waals surface area contributed by atoms with Gasteiger partial charge in [-0.25, -0.2) is 4.79 Å². The minimum Gasteiger partial charge on any atom is -0.462 e. The summed E-state index contributed by atoms with van der Waals surface area (Å²) >= 11 is 0. The van der Waals surface area contributed by atoms with Gasteiger partial charge in [-0.1, -0.05) is 20.8 Å². The molecule has 1 atom stereocenters. The van der Waals surface area contributed by atoms with Crippen LogP contribution < -0.4 is 0 Å². The second-order valence-electron chi connectivity index (χ2n) is 4.92. The lowest BCUT2D eigenvalue weighted by Crippen LogP contribution is -2.23. The highest BCUT2D eigenvalue weighted by Gasteiger charge is 2.26. The summed E-state index contributed by atoms with van der Waals surface area (Å²) in [5, 5.41) is 0. The standard InChI is InChI=1S/C15H21NO4/c1-4-5-13(17)20-14(12-6-8-16-9-7-12)15(18)19-10-11(2)3/h6-9,11,14H,4-5,10H2,1-3H3. The van der Waals surface area contributed by atoms with Gasteiger partial charge in [-0.2, -0.15) is 0 Å². The third kappa shape index (κ3) is 5.38. The van der Waals surface area contributed by atoms with Crippen LogP contribution in [0.5, 0.6) is 0 Å². The van der Waals surface area contributed by atoms with Crippen molar-refractivity contribution in [2.75, 3.05) is 6.61 Å². The molecule has 0 aromatic carbocycles. The molecule has 0 N–H and O–H groups in total. The van der Waals surface area contributed by atoms with Crippen LogP contribution in [0.2, 0.25) is 0 Å². The van der Waals surface area contributed by atoms with Crippen molar-refractivity contribution in [3.05, 3.63) is 30.1 Å². The fourth-order valence-corrected chi connectivity index (χ4v) is 1.51. The van der Waals surface area contributed by atoms with Gasteiger partial charge in [0.15, 0.2) is 0 Å². The average molecular weight is 279 g/mol. The van der Waals surface area contributed by atoms with E-state index in [-0.39, 0.29) is 12.3 Å².